The van der Waals surface area contributed by atoms with Gasteiger partial charge in [-0.1, -0.05) is 13.8 Å². The van der Waals surface area contributed by atoms with Gasteiger partial charge in [0.15, 0.2) is 11.5 Å². The van der Waals surface area contributed by atoms with Crippen LogP contribution < -0.4 is 5.32 Å². The van der Waals surface area contributed by atoms with Crippen molar-refractivity contribution >= 4 is 45.0 Å². The number of imidazole rings is 1. The summed E-state index contributed by atoms with van der Waals surface area (Å²) >= 11 is 1.61. The minimum absolute atomic E-state index is 0.137. The van der Waals surface area contributed by atoms with Gasteiger partial charge in [0.2, 0.25) is 5.91 Å². The standard InChI is InChI=1S/C26H20FN7OS/c1-13(2)26(35)30-16-9-15(10-28-11-16)17-3-4-19-20(21(17)27)23(34-33-19)25-31-22-18(14-6-8-36-12-14)5-7-29-24(22)32-25/h3-13H,1-2H3,(H,30,35)(H,33,34)(H,29,31,32). The molecule has 5 aromatic heterocycles. The fourth-order valence-electron chi connectivity index (χ4n) is 4.09. The summed E-state index contributed by atoms with van der Waals surface area (Å²) in [7, 11) is 0. The maximum atomic E-state index is 16.0. The third kappa shape index (κ3) is 3.72. The molecule has 0 radical (unpaired) electrons. The predicted octanol–water partition coefficient (Wildman–Crippen LogP) is 6.03. The van der Waals surface area contributed by atoms with E-state index in [1.54, 1.807) is 55.8 Å². The first-order valence-corrected chi connectivity index (χ1v) is 12.2. The third-order valence-electron chi connectivity index (χ3n) is 5.96. The van der Waals surface area contributed by atoms with Gasteiger partial charge in [-0.3, -0.25) is 14.9 Å². The maximum absolute atomic E-state index is 16.0. The van der Waals surface area contributed by atoms with Gasteiger partial charge in [0.25, 0.3) is 0 Å². The molecular weight excluding hydrogens is 477 g/mol. The average molecular weight is 498 g/mol. The van der Waals surface area contributed by atoms with E-state index < -0.39 is 5.82 Å². The van der Waals surface area contributed by atoms with E-state index in [4.69, 9.17) is 0 Å². The number of thiophene rings is 1. The first kappa shape index (κ1) is 22.1. The quantitative estimate of drug-likeness (QED) is 0.269. The number of anilines is 1. The van der Waals surface area contributed by atoms with Crippen LogP contribution in [0.4, 0.5) is 10.1 Å². The number of benzene rings is 1. The molecule has 8 nitrogen and oxygen atoms in total. The molecule has 0 fully saturated rings. The topological polar surface area (TPSA) is 112 Å². The molecule has 0 aliphatic carbocycles. The lowest BCUT2D eigenvalue weighted by molar-refractivity contribution is -0.118. The lowest BCUT2D eigenvalue weighted by atomic mass is 10.0. The van der Waals surface area contributed by atoms with Gasteiger partial charge in [-0.2, -0.15) is 16.4 Å². The number of nitrogens with one attached hydrogen (secondary N) is 3. The van der Waals surface area contributed by atoms with Crippen LogP contribution in [0, 0.1) is 11.7 Å². The summed E-state index contributed by atoms with van der Waals surface area (Å²) in [6, 6.07) is 9.09. The molecule has 6 rings (SSSR count). The highest BCUT2D eigenvalue weighted by molar-refractivity contribution is 7.08. The molecule has 0 aliphatic heterocycles. The molecule has 0 spiro atoms. The number of halogens is 1. The number of aromatic amines is 2. The molecule has 36 heavy (non-hydrogen) atoms. The van der Waals surface area contributed by atoms with Gasteiger partial charge < -0.3 is 10.3 Å². The number of nitrogens with zero attached hydrogens (tertiary/aromatic N) is 4. The molecule has 1 amide bonds. The number of aromatic nitrogens is 6. The van der Waals surface area contributed by atoms with E-state index in [0.29, 0.717) is 44.9 Å². The molecule has 1 aromatic carbocycles. The van der Waals surface area contributed by atoms with Gasteiger partial charge in [-0.15, -0.1) is 0 Å². The molecule has 5 heterocycles. The van der Waals surface area contributed by atoms with Crippen LogP contribution >= 0.6 is 11.3 Å². The lowest BCUT2D eigenvalue weighted by Gasteiger charge is -2.10. The van der Waals surface area contributed by atoms with Crippen molar-refractivity contribution in [1.29, 1.82) is 0 Å². The molecular formula is C26H20FN7OS. The molecule has 0 saturated carbocycles. The minimum atomic E-state index is -0.461. The molecule has 0 bridgehead atoms. The number of pyridine rings is 2. The lowest BCUT2D eigenvalue weighted by Crippen LogP contribution is -2.17. The zero-order chi connectivity index (χ0) is 24.8. The minimum Gasteiger partial charge on any atom is -0.335 e. The van der Waals surface area contributed by atoms with Crippen LogP contribution in [0.1, 0.15) is 13.8 Å². The van der Waals surface area contributed by atoms with Crippen LogP contribution in [-0.2, 0) is 4.79 Å². The Morgan fingerprint density at radius 3 is 2.81 bits per heavy atom. The first-order chi connectivity index (χ1) is 17.5. The van der Waals surface area contributed by atoms with E-state index in [1.807, 2.05) is 17.5 Å². The Kier molecular flexibility index (Phi) is 5.30. The summed E-state index contributed by atoms with van der Waals surface area (Å²) in [5.41, 5.74) is 5.58. The number of H-pyrrole nitrogens is 2. The van der Waals surface area contributed by atoms with Crippen LogP contribution in [0.25, 0.3) is 55.8 Å². The number of hydrogen-bond donors (Lipinski definition) is 3. The first-order valence-electron chi connectivity index (χ1n) is 11.3. The number of rotatable bonds is 5. The zero-order valence-corrected chi connectivity index (χ0v) is 20.2. The van der Waals surface area contributed by atoms with Crippen LogP contribution in [0.15, 0.2) is 59.7 Å². The van der Waals surface area contributed by atoms with Crippen LogP contribution in [0.3, 0.4) is 0 Å². The summed E-state index contributed by atoms with van der Waals surface area (Å²) in [5.74, 6) is -0.369. The molecule has 0 saturated heterocycles. The van der Waals surface area contributed by atoms with Gasteiger partial charge >= 0.3 is 0 Å². The Bertz CT molecular complexity index is 1740. The average Bonchev–Trinajstić information content (AvgIpc) is 3.63. The van der Waals surface area contributed by atoms with E-state index in [2.05, 4.69) is 40.8 Å². The number of amides is 1. The van der Waals surface area contributed by atoms with Gasteiger partial charge in [0.05, 0.1) is 28.3 Å². The Morgan fingerprint density at radius 1 is 1.11 bits per heavy atom. The van der Waals surface area contributed by atoms with Gasteiger partial charge in [0.1, 0.15) is 11.5 Å². The predicted molar refractivity (Wildman–Crippen MR) is 139 cm³/mol. The van der Waals surface area contributed by atoms with Gasteiger partial charge in [-0.25, -0.2) is 14.4 Å². The van der Waals surface area contributed by atoms with Gasteiger partial charge in [0, 0.05) is 35.0 Å². The summed E-state index contributed by atoms with van der Waals surface area (Å²) < 4.78 is 16.0. The summed E-state index contributed by atoms with van der Waals surface area (Å²) in [6.45, 7) is 3.61. The van der Waals surface area contributed by atoms with Crippen molar-refractivity contribution in [2.75, 3.05) is 5.32 Å². The largest absolute Gasteiger partial charge is 0.335 e. The molecule has 6 aromatic rings. The zero-order valence-electron chi connectivity index (χ0n) is 19.3. The Hall–Kier alpha value is -4.44. The molecule has 10 heteroatoms. The van der Waals surface area contributed by atoms with E-state index in [0.717, 1.165) is 16.6 Å². The molecule has 0 aliphatic rings. The van der Waals surface area contributed by atoms with Crippen molar-refractivity contribution in [3.63, 3.8) is 0 Å². The van der Waals surface area contributed by atoms with Crippen LogP contribution in [0.2, 0.25) is 0 Å². The summed E-state index contributed by atoms with van der Waals surface area (Å²) in [5, 5.41) is 14.4. The molecule has 0 atom stereocenters. The smallest absolute Gasteiger partial charge is 0.226 e. The Balaban J connectivity index is 1.46. The summed E-state index contributed by atoms with van der Waals surface area (Å²) in [6.07, 6.45) is 4.81. The van der Waals surface area contributed by atoms with Crippen molar-refractivity contribution in [2.24, 2.45) is 5.92 Å². The van der Waals surface area contributed by atoms with Gasteiger partial charge in [-0.05, 0) is 46.7 Å². The Labute approximate surface area is 208 Å². The fraction of sp³-hybridized carbons (Fsp3) is 0.115. The summed E-state index contributed by atoms with van der Waals surface area (Å²) in [4.78, 5) is 28.6. The van der Waals surface area contributed by atoms with Crippen molar-refractivity contribution in [3.8, 4) is 33.8 Å². The van der Waals surface area contributed by atoms with E-state index >= 15 is 4.39 Å². The third-order valence-corrected chi connectivity index (χ3v) is 6.64. The van der Waals surface area contributed by atoms with Crippen molar-refractivity contribution < 1.29 is 9.18 Å². The second kappa shape index (κ2) is 8.65. The maximum Gasteiger partial charge on any atom is 0.226 e. The number of hydrogen-bond acceptors (Lipinski definition) is 6. The van der Waals surface area contributed by atoms with Crippen LogP contribution in [0.5, 0.6) is 0 Å². The van der Waals surface area contributed by atoms with E-state index in [1.165, 1.54) is 6.20 Å². The highest BCUT2D eigenvalue weighted by Gasteiger charge is 2.21. The Morgan fingerprint density at radius 2 is 2.00 bits per heavy atom. The van der Waals surface area contributed by atoms with Crippen molar-refractivity contribution in [1.82, 2.24) is 30.1 Å². The molecule has 0 unspecified atom stereocenters. The van der Waals surface area contributed by atoms with Crippen molar-refractivity contribution in [3.05, 3.63) is 65.5 Å². The number of carbonyl (C=O) groups is 1. The van der Waals surface area contributed by atoms with E-state index in [9.17, 15) is 4.79 Å². The van der Waals surface area contributed by atoms with E-state index in [-0.39, 0.29) is 11.8 Å². The molecule has 3 N–H and O–H groups in total. The second-order valence-corrected chi connectivity index (χ2v) is 9.46. The normalized spacial score (nSPS) is 11.6. The SMILES string of the molecule is CC(C)C(=O)Nc1cncc(-c2ccc3[nH]nc(-c4nc5nccc(-c6ccsc6)c5[nH]4)c3c2F)c1. The highest BCUT2D eigenvalue weighted by Crippen LogP contribution is 2.35. The number of fused-ring (bicyclic) bond motifs is 2. The second-order valence-electron chi connectivity index (χ2n) is 8.68. The van der Waals surface area contributed by atoms with Crippen molar-refractivity contribution in [2.45, 2.75) is 13.8 Å². The van der Waals surface area contributed by atoms with Crippen LogP contribution in [-0.4, -0.2) is 36.0 Å². The fourth-order valence-corrected chi connectivity index (χ4v) is 4.75. The highest BCUT2D eigenvalue weighted by atomic mass is 32.1. The number of carbonyl (C=O) groups excluding carboxylic acids is 1. The molecule has 178 valence electrons. The monoisotopic (exact) mass is 497 g/mol.